The summed E-state index contributed by atoms with van der Waals surface area (Å²) in [5.74, 6) is -0.00513. The van der Waals surface area contributed by atoms with Crippen molar-refractivity contribution in [2.75, 3.05) is 37.6 Å². The van der Waals surface area contributed by atoms with Crippen molar-refractivity contribution in [3.63, 3.8) is 0 Å². The van der Waals surface area contributed by atoms with E-state index in [0.29, 0.717) is 17.8 Å². The van der Waals surface area contributed by atoms with Gasteiger partial charge in [-0.25, -0.2) is 4.39 Å². The number of ketones is 2. The maximum absolute atomic E-state index is 13.1. The highest BCUT2D eigenvalue weighted by atomic mass is 32.2. The van der Waals surface area contributed by atoms with Crippen molar-refractivity contribution in [2.24, 2.45) is 0 Å². The van der Waals surface area contributed by atoms with Crippen LogP contribution in [0.5, 0.6) is 0 Å². The molecule has 0 unspecified atom stereocenters. The van der Waals surface area contributed by atoms with E-state index < -0.39 is 0 Å². The lowest BCUT2D eigenvalue weighted by Crippen LogP contribution is -2.47. The van der Waals surface area contributed by atoms with Gasteiger partial charge in [-0.05, 0) is 44.2 Å². The number of thiophene rings is 1. The predicted molar refractivity (Wildman–Crippen MR) is 113 cm³/mol. The van der Waals surface area contributed by atoms with Crippen LogP contribution in [0.15, 0.2) is 34.5 Å². The van der Waals surface area contributed by atoms with E-state index in [4.69, 9.17) is 0 Å². The Kier molecular flexibility index (Phi) is 5.33. The van der Waals surface area contributed by atoms with Gasteiger partial charge < -0.3 is 4.90 Å². The summed E-state index contributed by atoms with van der Waals surface area (Å²) in [7, 11) is 0. The Morgan fingerprint density at radius 1 is 1.14 bits per heavy atom. The van der Waals surface area contributed by atoms with Gasteiger partial charge in [0.05, 0.1) is 15.6 Å². The summed E-state index contributed by atoms with van der Waals surface area (Å²) >= 11 is 3.16. The summed E-state index contributed by atoms with van der Waals surface area (Å²) in [4.78, 5) is 30.2. The van der Waals surface area contributed by atoms with E-state index in [2.05, 4.69) is 23.6 Å². The molecular weight excluding hydrogens is 395 g/mol. The number of hydrogen-bond donors (Lipinski definition) is 0. The van der Waals surface area contributed by atoms with Crippen LogP contribution in [-0.2, 0) is 0 Å². The fourth-order valence-electron chi connectivity index (χ4n) is 3.65. The first kappa shape index (κ1) is 19.6. The van der Waals surface area contributed by atoms with E-state index in [1.807, 2.05) is 0 Å². The van der Waals surface area contributed by atoms with Gasteiger partial charge in [-0.1, -0.05) is 0 Å². The Bertz CT molecular complexity index is 900. The number of Topliss-reactive ketones (excluding diaryl/α,β-unsaturated/α-hetero) is 2. The molecule has 4 rings (SSSR count). The fourth-order valence-corrected chi connectivity index (χ4v) is 6.59. The fraction of sp³-hybridized carbons (Fsp3) is 0.429. The van der Waals surface area contributed by atoms with Gasteiger partial charge in [0.15, 0.2) is 11.6 Å². The van der Waals surface area contributed by atoms with Crippen molar-refractivity contribution in [2.45, 2.75) is 29.2 Å². The number of halogens is 1. The van der Waals surface area contributed by atoms with Crippen LogP contribution < -0.4 is 4.90 Å². The van der Waals surface area contributed by atoms with Crippen molar-refractivity contribution in [1.29, 1.82) is 0 Å². The standard InChI is InChI=1S/C21H23FN2O2S2/c1-21(2)12-17(25)16-11-19(27-20(16)28-21)18(26)13-23-7-9-24(10-8-23)15-5-3-14(22)4-6-15/h3-6,11H,7-10,12-13H2,1-2H3. The molecule has 2 aromatic rings. The topological polar surface area (TPSA) is 40.6 Å². The van der Waals surface area contributed by atoms with Crippen LogP contribution in [-0.4, -0.2) is 53.9 Å². The number of fused-ring (bicyclic) bond motifs is 1. The number of thioether (sulfide) groups is 1. The van der Waals surface area contributed by atoms with E-state index >= 15 is 0 Å². The summed E-state index contributed by atoms with van der Waals surface area (Å²) in [6.45, 7) is 7.70. The van der Waals surface area contributed by atoms with Gasteiger partial charge >= 0.3 is 0 Å². The van der Waals surface area contributed by atoms with Crippen molar-refractivity contribution >= 4 is 40.4 Å². The number of carbonyl (C=O) groups is 2. The number of carbonyl (C=O) groups excluding carboxylic acids is 2. The summed E-state index contributed by atoms with van der Waals surface area (Å²) in [6.07, 6.45) is 0.514. The van der Waals surface area contributed by atoms with Gasteiger partial charge in [-0.2, -0.15) is 0 Å². The molecule has 0 N–H and O–H groups in total. The molecule has 0 radical (unpaired) electrons. The van der Waals surface area contributed by atoms with Crippen LogP contribution >= 0.6 is 23.1 Å². The van der Waals surface area contributed by atoms with Gasteiger partial charge in [0.25, 0.3) is 0 Å². The normalized spacial score (nSPS) is 19.5. The second kappa shape index (κ2) is 7.61. The third-order valence-electron chi connectivity index (χ3n) is 5.16. The highest BCUT2D eigenvalue weighted by Crippen LogP contribution is 2.46. The second-order valence-corrected chi connectivity index (χ2v) is 11.0. The lowest BCUT2D eigenvalue weighted by atomic mass is 10.0. The van der Waals surface area contributed by atoms with Crippen molar-refractivity contribution in [3.8, 4) is 0 Å². The Labute approximate surface area is 172 Å². The van der Waals surface area contributed by atoms with Crippen molar-refractivity contribution in [3.05, 3.63) is 46.6 Å². The average Bonchev–Trinajstić information content (AvgIpc) is 3.06. The van der Waals surface area contributed by atoms with Crippen LogP contribution in [0, 0.1) is 5.82 Å². The molecule has 4 nitrogen and oxygen atoms in total. The van der Waals surface area contributed by atoms with Crippen LogP contribution in [0.4, 0.5) is 10.1 Å². The van der Waals surface area contributed by atoms with Crippen LogP contribution in [0.1, 0.15) is 40.3 Å². The Balaban J connectivity index is 1.36. The lowest BCUT2D eigenvalue weighted by molar-refractivity contribution is 0.0930. The molecule has 1 aromatic carbocycles. The minimum atomic E-state index is -0.230. The number of rotatable bonds is 4. The molecular formula is C21H23FN2O2S2. The van der Waals surface area contributed by atoms with Crippen LogP contribution in [0.3, 0.4) is 0 Å². The molecule has 28 heavy (non-hydrogen) atoms. The number of benzene rings is 1. The molecule has 2 aliphatic rings. The lowest BCUT2D eigenvalue weighted by Gasteiger charge is -2.35. The monoisotopic (exact) mass is 418 g/mol. The number of piperazine rings is 1. The molecule has 148 valence electrons. The summed E-state index contributed by atoms with van der Waals surface area (Å²) < 4.78 is 14.0. The van der Waals surface area contributed by atoms with Gasteiger partial charge in [0.2, 0.25) is 0 Å². The molecule has 1 fully saturated rings. The zero-order valence-electron chi connectivity index (χ0n) is 16.0. The first-order chi connectivity index (χ1) is 13.3. The van der Waals surface area contributed by atoms with Crippen LogP contribution in [0.2, 0.25) is 0 Å². The molecule has 0 bridgehead atoms. The zero-order chi connectivity index (χ0) is 19.9. The van der Waals surface area contributed by atoms with Gasteiger partial charge in [0, 0.05) is 48.6 Å². The summed E-state index contributed by atoms with van der Waals surface area (Å²) in [5, 5.41) is 0. The molecule has 7 heteroatoms. The summed E-state index contributed by atoms with van der Waals surface area (Å²) in [6, 6.07) is 8.33. The third kappa shape index (κ3) is 4.16. The van der Waals surface area contributed by atoms with E-state index in [9.17, 15) is 14.0 Å². The highest BCUT2D eigenvalue weighted by molar-refractivity contribution is 8.02. The summed E-state index contributed by atoms with van der Waals surface area (Å²) in [5.41, 5.74) is 1.73. The smallest absolute Gasteiger partial charge is 0.186 e. The Morgan fingerprint density at radius 2 is 1.82 bits per heavy atom. The SMILES string of the molecule is CC1(C)CC(=O)c2cc(C(=O)CN3CCN(c4ccc(F)cc4)CC3)sc2S1. The van der Waals surface area contributed by atoms with Gasteiger partial charge in [-0.15, -0.1) is 23.1 Å². The number of hydrogen-bond acceptors (Lipinski definition) is 6. The molecule has 1 saturated heterocycles. The van der Waals surface area contributed by atoms with Crippen molar-refractivity contribution in [1.82, 2.24) is 4.90 Å². The first-order valence-electron chi connectivity index (χ1n) is 9.43. The minimum Gasteiger partial charge on any atom is -0.369 e. The molecule has 0 amide bonds. The van der Waals surface area contributed by atoms with Crippen LogP contribution in [0.25, 0.3) is 0 Å². The largest absolute Gasteiger partial charge is 0.369 e. The third-order valence-corrected chi connectivity index (χ3v) is 7.73. The zero-order valence-corrected chi connectivity index (χ0v) is 17.7. The molecule has 0 atom stereocenters. The first-order valence-corrected chi connectivity index (χ1v) is 11.1. The number of anilines is 1. The molecule has 0 aliphatic carbocycles. The maximum Gasteiger partial charge on any atom is 0.186 e. The minimum absolute atomic E-state index is 0.0841. The average molecular weight is 419 g/mol. The van der Waals surface area contributed by atoms with E-state index in [-0.39, 0.29) is 22.1 Å². The predicted octanol–water partition coefficient (Wildman–Crippen LogP) is 4.35. The van der Waals surface area contributed by atoms with E-state index in [1.54, 1.807) is 30.0 Å². The Hall–Kier alpha value is -1.70. The second-order valence-electron chi connectivity index (χ2n) is 7.94. The molecule has 1 aromatic heterocycles. The molecule has 2 aliphatic heterocycles. The van der Waals surface area contributed by atoms with Gasteiger partial charge in [-0.3, -0.25) is 14.5 Å². The molecule has 3 heterocycles. The Morgan fingerprint density at radius 3 is 2.50 bits per heavy atom. The van der Waals surface area contributed by atoms with Gasteiger partial charge in [0.1, 0.15) is 5.82 Å². The molecule has 0 saturated carbocycles. The highest BCUT2D eigenvalue weighted by Gasteiger charge is 2.34. The van der Waals surface area contributed by atoms with Crippen molar-refractivity contribution < 1.29 is 14.0 Å². The quantitative estimate of drug-likeness (QED) is 0.691. The van der Waals surface area contributed by atoms with E-state index in [1.165, 1.54) is 23.5 Å². The molecule has 0 spiro atoms. The maximum atomic E-state index is 13.1. The number of nitrogens with zero attached hydrogens (tertiary/aromatic N) is 2. The van der Waals surface area contributed by atoms with E-state index in [0.717, 1.165) is 41.6 Å².